The molecule has 0 aliphatic carbocycles. The molecule has 0 N–H and O–H groups in total. The Balaban J connectivity index is 1.31. The van der Waals surface area contributed by atoms with E-state index in [0.29, 0.717) is 0 Å². The van der Waals surface area contributed by atoms with Crippen LogP contribution in [0.3, 0.4) is 0 Å². The SMILES string of the molecule is c1ccc(-c2cccc(-n3c4ccccc4c4ccc(-c5nc6cc(-c7cccs7)ccc6s5)cc43)c2)nc1. The minimum Gasteiger partial charge on any atom is -0.309 e. The maximum absolute atomic E-state index is 5.08. The second-order valence-corrected chi connectivity index (χ2v) is 11.5. The van der Waals surface area contributed by atoms with E-state index >= 15 is 0 Å². The first-order valence-electron chi connectivity index (χ1n) is 12.8. The van der Waals surface area contributed by atoms with E-state index in [9.17, 15) is 0 Å². The summed E-state index contributed by atoms with van der Waals surface area (Å²) in [5, 5.41) is 5.63. The number of nitrogens with zero attached hydrogens (tertiary/aromatic N) is 3. The molecule has 39 heavy (non-hydrogen) atoms. The number of aromatic nitrogens is 3. The van der Waals surface area contributed by atoms with Gasteiger partial charge in [-0.2, -0.15) is 0 Å². The first-order chi connectivity index (χ1) is 19.3. The Kier molecular flexibility index (Phi) is 5.18. The Morgan fingerprint density at radius 1 is 0.615 bits per heavy atom. The Labute approximate surface area is 233 Å². The molecule has 4 aromatic carbocycles. The molecule has 0 saturated carbocycles. The zero-order valence-corrected chi connectivity index (χ0v) is 22.4. The Bertz CT molecular complexity index is 2120. The summed E-state index contributed by atoms with van der Waals surface area (Å²) in [7, 11) is 0. The molecule has 4 heterocycles. The number of benzene rings is 4. The largest absolute Gasteiger partial charge is 0.309 e. The predicted molar refractivity (Wildman–Crippen MR) is 166 cm³/mol. The van der Waals surface area contributed by atoms with Crippen LogP contribution in [-0.2, 0) is 0 Å². The van der Waals surface area contributed by atoms with Gasteiger partial charge in [0, 0.05) is 38.7 Å². The molecule has 0 spiro atoms. The van der Waals surface area contributed by atoms with Crippen LogP contribution in [0.1, 0.15) is 0 Å². The molecule has 0 atom stereocenters. The van der Waals surface area contributed by atoms with E-state index < -0.39 is 0 Å². The van der Waals surface area contributed by atoms with Gasteiger partial charge in [0.1, 0.15) is 5.01 Å². The monoisotopic (exact) mass is 535 g/mol. The molecule has 0 aliphatic heterocycles. The first kappa shape index (κ1) is 22.4. The standard InChI is InChI=1S/C34H21N3S2/c1-2-11-30-26(9-1)27-15-13-24(34-36-29-20-23(14-16-33(29)39-34)32-12-6-18-38-32)21-31(27)37(30)25-8-5-7-22(19-25)28-10-3-4-17-35-28/h1-21H. The zero-order chi connectivity index (χ0) is 25.8. The third-order valence-electron chi connectivity index (χ3n) is 7.18. The molecule has 0 saturated heterocycles. The van der Waals surface area contributed by atoms with Gasteiger partial charge in [0.15, 0.2) is 0 Å². The van der Waals surface area contributed by atoms with Crippen LogP contribution in [0.2, 0.25) is 0 Å². The fourth-order valence-electron chi connectivity index (χ4n) is 5.37. The number of hydrogen-bond donors (Lipinski definition) is 0. The number of thiophene rings is 1. The van der Waals surface area contributed by atoms with Crippen molar-refractivity contribution in [3.63, 3.8) is 0 Å². The van der Waals surface area contributed by atoms with E-state index in [0.717, 1.165) is 33.0 Å². The third kappa shape index (κ3) is 3.78. The van der Waals surface area contributed by atoms with E-state index in [2.05, 4.69) is 118 Å². The molecular weight excluding hydrogens is 515 g/mol. The van der Waals surface area contributed by atoms with Gasteiger partial charge in [-0.15, -0.1) is 22.7 Å². The van der Waals surface area contributed by atoms with Crippen LogP contribution >= 0.6 is 22.7 Å². The second-order valence-electron chi connectivity index (χ2n) is 9.53. The summed E-state index contributed by atoms with van der Waals surface area (Å²) in [6.45, 7) is 0. The molecule has 8 rings (SSSR count). The van der Waals surface area contributed by atoms with Gasteiger partial charge in [-0.25, -0.2) is 4.98 Å². The van der Waals surface area contributed by atoms with Gasteiger partial charge in [-0.3, -0.25) is 4.98 Å². The summed E-state index contributed by atoms with van der Waals surface area (Å²) in [5.74, 6) is 0. The first-order valence-corrected chi connectivity index (χ1v) is 14.5. The maximum atomic E-state index is 5.08. The van der Waals surface area contributed by atoms with Crippen LogP contribution < -0.4 is 0 Å². The molecule has 0 unspecified atom stereocenters. The van der Waals surface area contributed by atoms with Gasteiger partial charge in [-0.05, 0) is 65.5 Å². The lowest BCUT2D eigenvalue weighted by atomic mass is 10.1. The number of thiazole rings is 1. The fourth-order valence-corrected chi connectivity index (χ4v) is 7.03. The molecule has 0 aliphatic rings. The van der Waals surface area contributed by atoms with Gasteiger partial charge < -0.3 is 4.57 Å². The second kappa shape index (κ2) is 9.02. The summed E-state index contributed by atoms with van der Waals surface area (Å²) < 4.78 is 3.57. The molecule has 3 nitrogen and oxygen atoms in total. The summed E-state index contributed by atoms with van der Waals surface area (Å²) in [5.41, 5.74) is 8.94. The van der Waals surface area contributed by atoms with Crippen LogP contribution in [0, 0.1) is 0 Å². The minimum atomic E-state index is 0.970. The van der Waals surface area contributed by atoms with Gasteiger partial charge in [0.2, 0.25) is 0 Å². The number of rotatable bonds is 4. The van der Waals surface area contributed by atoms with Crippen molar-refractivity contribution in [3.05, 3.63) is 127 Å². The lowest BCUT2D eigenvalue weighted by molar-refractivity contribution is 1.18. The van der Waals surface area contributed by atoms with E-state index in [-0.39, 0.29) is 0 Å². The molecule has 0 bridgehead atoms. The summed E-state index contributed by atoms with van der Waals surface area (Å²) in [6, 6.07) is 40.9. The van der Waals surface area contributed by atoms with Gasteiger partial charge in [0.25, 0.3) is 0 Å². The van der Waals surface area contributed by atoms with Gasteiger partial charge in [0.05, 0.1) is 26.9 Å². The summed E-state index contributed by atoms with van der Waals surface area (Å²) in [6.07, 6.45) is 1.84. The van der Waals surface area contributed by atoms with Gasteiger partial charge in [-0.1, -0.05) is 60.7 Å². The van der Waals surface area contributed by atoms with Crippen LogP contribution in [-0.4, -0.2) is 14.5 Å². The summed E-state index contributed by atoms with van der Waals surface area (Å²) in [4.78, 5) is 10.9. The number of pyridine rings is 1. The van der Waals surface area contributed by atoms with E-state index in [1.807, 2.05) is 18.3 Å². The Morgan fingerprint density at radius 2 is 1.51 bits per heavy atom. The minimum absolute atomic E-state index is 0.970. The molecule has 0 radical (unpaired) electrons. The van der Waals surface area contributed by atoms with Crippen molar-refractivity contribution in [2.24, 2.45) is 0 Å². The highest BCUT2D eigenvalue weighted by molar-refractivity contribution is 7.21. The fraction of sp³-hybridized carbons (Fsp3) is 0. The maximum Gasteiger partial charge on any atom is 0.124 e. The van der Waals surface area contributed by atoms with E-state index in [4.69, 9.17) is 4.98 Å². The quantitative estimate of drug-likeness (QED) is 0.224. The average molecular weight is 536 g/mol. The van der Waals surface area contributed by atoms with Crippen molar-refractivity contribution in [3.8, 4) is 38.0 Å². The van der Waals surface area contributed by atoms with E-state index in [1.165, 1.54) is 36.9 Å². The predicted octanol–water partition coefficient (Wildman–Crippen LogP) is 9.85. The lowest BCUT2D eigenvalue weighted by Crippen LogP contribution is -1.95. The molecule has 0 fully saturated rings. The lowest BCUT2D eigenvalue weighted by Gasteiger charge is -2.10. The van der Waals surface area contributed by atoms with E-state index in [1.54, 1.807) is 22.7 Å². The zero-order valence-electron chi connectivity index (χ0n) is 20.8. The topological polar surface area (TPSA) is 30.7 Å². The molecular formula is C34H21N3S2. The highest BCUT2D eigenvalue weighted by Crippen LogP contribution is 2.38. The van der Waals surface area contributed by atoms with Crippen LogP contribution in [0.4, 0.5) is 0 Å². The van der Waals surface area contributed by atoms with Crippen molar-refractivity contribution in [2.45, 2.75) is 0 Å². The average Bonchev–Trinajstić information content (AvgIpc) is 3.75. The van der Waals surface area contributed by atoms with Crippen LogP contribution in [0.15, 0.2) is 127 Å². The van der Waals surface area contributed by atoms with Crippen LogP contribution in [0.25, 0.3) is 70.0 Å². The Hall–Kier alpha value is -4.58. The van der Waals surface area contributed by atoms with Crippen LogP contribution in [0.5, 0.6) is 0 Å². The van der Waals surface area contributed by atoms with Crippen molar-refractivity contribution in [1.82, 2.24) is 14.5 Å². The highest BCUT2D eigenvalue weighted by atomic mass is 32.1. The molecule has 0 amide bonds. The number of para-hydroxylation sites is 1. The Morgan fingerprint density at radius 3 is 2.41 bits per heavy atom. The molecule has 5 heteroatoms. The molecule has 184 valence electrons. The molecule has 4 aromatic heterocycles. The van der Waals surface area contributed by atoms with Gasteiger partial charge >= 0.3 is 0 Å². The number of hydrogen-bond acceptors (Lipinski definition) is 4. The van der Waals surface area contributed by atoms with Crippen molar-refractivity contribution < 1.29 is 0 Å². The van der Waals surface area contributed by atoms with Crippen molar-refractivity contribution in [1.29, 1.82) is 0 Å². The normalized spacial score (nSPS) is 11.6. The molecule has 8 aromatic rings. The van der Waals surface area contributed by atoms with Crippen molar-refractivity contribution >= 4 is 54.7 Å². The highest BCUT2D eigenvalue weighted by Gasteiger charge is 2.15. The van der Waals surface area contributed by atoms with Crippen molar-refractivity contribution in [2.75, 3.05) is 0 Å². The summed E-state index contributed by atoms with van der Waals surface area (Å²) >= 11 is 3.51. The third-order valence-corrected chi connectivity index (χ3v) is 9.18. The smallest absolute Gasteiger partial charge is 0.124 e. The number of fused-ring (bicyclic) bond motifs is 4.